The van der Waals surface area contributed by atoms with Crippen molar-refractivity contribution in [1.29, 1.82) is 0 Å². The van der Waals surface area contributed by atoms with Crippen LogP contribution in [-0.2, 0) is 16.9 Å². The third-order valence-corrected chi connectivity index (χ3v) is 11.1. The van der Waals surface area contributed by atoms with Gasteiger partial charge in [0.15, 0.2) is 5.82 Å². The second-order valence-corrected chi connectivity index (χ2v) is 16.0. The van der Waals surface area contributed by atoms with Crippen molar-refractivity contribution in [3.05, 3.63) is 35.5 Å². The van der Waals surface area contributed by atoms with E-state index in [0.717, 1.165) is 30.5 Å². The summed E-state index contributed by atoms with van der Waals surface area (Å²) in [5.41, 5.74) is 1.74. The summed E-state index contributed by atoms with van der Waals surface area (Å²) >= 11 is 0. The Morgan fingerprint density at radius 3 is 2.48 bits per heavy atom. The van der Waals surface area contributed by atoms with Gasteiger partial charge in [-0.2, -0.15) is 5.10 Å². The van der Waals surface area contributed by atoms with Gasteiger partial charge in [0.25, 0.3) is 0 Å². The van der Waals surface area contributed by atoms with Gasteiger partial charge in [-0.05, 0) is 45.7 Å². The Hall–Kier alpha value is -2.81. The molecule has 0 radical (unpaired) electrons. The topological polar surface area (TPSA) is 99.3 Å². The van der Waals surface area contributed by atoms with Gasteiger partial charge in [-0.1, -0.05) is 38.2 Å². The van der Waals surface area contributed by atoms with Crippen molar-refractivity contribution in [2.24, 2.45) is 0 Å². The second-order valence-electron chi connectivity index (χ2n) is 10.6. The molecule has 1 aliphatic carbocycles. The van der Waals surface area contributed by atoms with E-state index < -0.39 is 13.6 Å². The number of amides is 3. The molecule has 2 aromatic rings. The fourth-order valence-electron chi connectivity index (χ4n) is 5.05. The fourth-order valence-corrected chi connectivity index (χ4v) is 7.65. The molecule has 1 fully saturated rings. The number of aromatic nitrogens is 2. The highest BCUT2D eigenvalue weighted by Crippen LogP contribution is 2.56. The van der Waals surface area contributed by atoms with Crippen molar-refractivity contribution in [2.75, 3.05) is 17.2 Å². The SMILES string of the molecule is CCOc1ccccc1NC(=O)N1Cc2c(NC(=O)C3([Si](C)(C)C)CCC3)n[nH]c2C1(C)C. The molecule has 0 bridgehead atoms. The van der Waals surface area contributed by atoms with Gasteiger partial charge in [-0.25, -0.2) is 4.79 Å². The van der Waals surface area contributed by atoms with Crippen LogP contribution < -0.4 is 15.4 Å². The van der Waals surface area contributed by atoms with Gasteiger partial charge in [0.2, 0.25) is 5.91 Å². The maximum Gasteiger partial charge on any atom is 0.323 e. The number of rotatable bonds is 6. The molecule has 33 heavy (non-hydrogen) atoms. The van der Waals surface area contributed by atoms with Crippen molar-refractivity contribution in [2.45, 2.75) is 76.8 Å². The molecule has 1 aromatic carbocycles. The van der Waals surface area contributed by atoms with Gasteiger partial charge >= 0.3 is 6.03 Å². The molecule has 9 heteroatoms. The number of aromatic amines is 1. The van der Waals surface area contributed by atoms with Crippen LogP contribution in [0.5, 0.6) is 5.75 Å². The van der Waals surface area contributed by atoms with Gasteiger partial charge in [-0.3, -0.25) is 9.89 Å². The van der Waals surface area contributed by atoms with Crippen LogP contribution in [0.1, 0.15) is 51.3 Å². The second kappa shape index (κ2) is 8.20. The van der Waals surface area contributed by atoms with Crippen LogP contribution >= 0.6 is 0 Å². The first-order valence-corrected chi connectivity index (χ1v) is 15.2. The molecule has 1 aliphatic heterocycles. The number of carbonyl (C=O) groups is 2. The minimum atomic E-state index is -1.70. The molecular formula is C24H35N5O3Si. The number of nitrogens with zero attached hydrogens (tertiary/aromatic N) is 2. The summed E-state index contributed by atoms with van der Waals surface area (Å²) in [6.45, 7) is 13.5. The zero-order valence-electron chi connectivity index (χ0n) is 20.5. The van der Waals surface area contributed by atoms with Crippen molar-refractivity contribution < 1.29 is 14.3 Å². The number of ether oxygens (including phenoxy) is 1. The number of benzene rings is 1. The van der Waals surface area contributed by atoms with Crippen molar-refractivity contribution in [3.63, 3.8) is 0 Å². The van der Waals surface area contributed by atoms with E-state index in [2.05, 4.69) is 40.5 Å². The van der Waals surface area contributed by atoms with Crippen molar-refractivity contribution in [3.8, 4) is 5.75 Å². The molecule has 3 N–H and O–H groups in total. The quantitative estimate of drug-likeness (QED) is 0.500. The van der Waals surface area contributed by atoms with Crippen LogP contribution in [0.15, 0.2) is 24.3 Å². The smallest absolute Gasteiger partial charge is 0.323 e. The molecular weight excluding hydrogens is 434 g/mol. The summed E-state index contributed by atoms with van der Waals surface area (Å²) in [7, 11) is -1.70. The minimum Gasteiger partial charge on any atom is -0.492 e. The first-order valence-electron chi connectivity index (χ1n) is 11.7. The zero-order chi connectivity index (χ0) is 24.0. The Labute approximate surface area is 196 Å². The maximum atomic E-state index is 13.3. The number of urea groups is 1. The number of para-hydroxylation sites is 2. The molecule has 8 nitrogen and oxygen atoms in total. The Kier molecular flexibility index (Phi) is 5.80. The van der Waals surface area contributed by atoms with Gasteiger partial charge in [0.05, 0.1) is 38.1 Å². The van der Waals surface area contributed by atoms with Crippen molar-refractivity contribution >= 4 is 31.5 Å². The van der Waals surface area contributed by atoms with Gasteiger partial charge < -0.3 is 20.3 Å². The highest BCUT2D eigenvalue weighted by molar-refractivity contribution is 6.83. The molecule has 1 saturated carbocycles. The van der Waals surface area contributed by atoms with E-state index in [-0.39, 0.29) is 17.0 Å². The first kappa shape index (κ1) is 23.3. The number of hydrogen-bond donors (Lipinski definition) is 3. The highest BCUT2D eigenvalue weighted by Gasteiger charge is 2.54. The number of hydrogen-bond acceptors (Lipinski definition) is 4. The summed E-state index contributed by atoms with van der Waals surface area (Å²) in [5.74, 6) is 1.25. The highest BCUT2D eigenvalue weighted by atomic mass is 28.3. The van der Waals surface area contributed by atoms with Gasteiger partial charge in [0, 0.05) is 10.6 Å². The Morgan fingerprint density at radius 1 is 1.18 bits per heavy atom. The number of H-pyrrole nitrogens is 1. The Bertz CT molecular complexity index is 1070. The van der Waals surface area contributed by atoms with E-state index in [1.807, 2.05) is 45.0 Å². The van der Waals surface area contributed by atoms with E-state index in [9.17, 15) is 9.59 Å². The Morgan fingerprint density at radius 2 is 1.88 bits per heavy atom. The lowest BCUT2D eigenvalue weighted by Crippen LogP contribution is -2.52. The summed E-state index contributed by atoms with van der Waals surface area (Å²) in [5, 5.41) is 13.4. The summed E-state index contributed by atoms with van der Waals surface area (Å²) in [4.78, 5) is 28.4. The lowest BCUT2D eigenvalue weighted by molar-refractivity contribution is -0.121. The molecule has 4 rings (SSSR count). The largest absolute Gasteiger partial charge is 0.492 e. The van der Waals surface area contributed by atoms with Gasteiger partial charge in [-0.15, -0.1) is 0 Å². The average molecular weight is 470 g/mol. The zero-order valence-corrected chi connectivity index (χ0v) is 21.5. The van der Waals surface area contributed by atoms with Crippen LogP contribution in [0.2, 0.25) is 24.7 Å². The van der Waals surface area contributed by atoms with Gasteiger partial charge in [0.1, 0.15) is 5.75 Å². The van der Waals surface area contributed by atoms with E-state index in [0.29, 0.717) is 30.4 Å². The number of anilines is 2. The van der Waals surface area contributed by atoms with Crippen LogP contribution in [0.3, 0.4) is 0 Å². The monoisotopic (exact) mass is 469 g/mol. The molecule has 0 spiro atoms. The third kappa shape index (κ3) is 3.82. The summed E-state index contributed by atoms with van der Waals surface area (Å²) < 4.78 is 5.64. The molecule has 1 aromatic heterocycles. The van der Waals surface area contributed by atoms with Crippen molar-refractivity contribution in [1.82, 2.24) is 15.1 Å². The molecule has 2 aliphatic rings. The number of carbonyl (C=O) groups excluding carboxylic acids is 2. The first-order chi connectivity index (χ1) is 15.5. The predicted molar refractivity (Wildman–Crippen MR) is 132 cm³/mol. The molecule has 3 amide bonds. The Balaban J connectivity index is 1.54. The normalized spacial score (nSPS) is 18.3. The lowest BCUT2D eigenvalue weighted by Gasteiger charge is -2.48. The lowest BCUT2D eigenvalue weighted by atomic mass is 9.83. The van der Waals surface area contributed by atoms with Crippen LogP contribution in [-0.4, -0.2) is 41.7 Å². The molecule has 178 valence electrons. The maximum absolute atomic E-state index is 13.3. The predicted octanol–water partition coefficient (Wildman–Crippen LogP) is 5.29. The molecule has 2 heterocycles. The summed E-state index contributed by atoms with van der Waals surface area (Å²) in [6.07, 6.45) is 2.99. The van der Waals surface area contributed by atoms with E-state index in [4.69, 9.17) is 4.74 Å². The van der Waals surface area contributed by atoms with Crippen LogP contribution in [0.25, 0.3) is 0 Å². The molecule has 0 atom stereocenters. The number of fused-ring (bicyclic) bond motifs is 1. The van der Waals surface area contributed by atoms with E-state index in [1.165, 1.54) is 0 Å². The number of nitrogens with one attached hydrogen (secondary N) is 3. The summed E-state index contributed by atoms with van der Waals surface area (Å²) in [6, 6.07) is 7.17. The minimum absolute atomic E-state index is 0.0774. The van der Waals surface area contributed by atoms with Crippen LogP contribution in [0.4, 0.5) is 16.3 Å². The van der Waals surface area contributed by atoms with Crippen LogP contribution in [0, 0.1) is 0 Å². The average Bonchev–Trinajstić information content (AvgIpc) is 3.20. The van der Waals surface area contributed by atoms with E-state index >= 15 is 0 Å². The molecule has 0 unspecified atom stereocenters. The van der Waals surface area contributed by atoms with E-state index in [1.54, 1.807) is 4.90 Å². The third-order valence-electron chi connectivity index (χ3n) is 7.45. The fraction of sp³-hybridized carbons (Fsp3) is 0.542. The standard InChI is InChI=1S/C24H35N5O3Si/c1-7-32-18-12-9-8-11-17(18)25-22(31)29-15-16-19(23(29,2)3)27-28-20(16)26-21(30)24(13-10-14-24)33(4,5)6/h8-9,11-12H,7,10,13-15H2,1-6H3,(H,25,31)(H2,26,27,28,30). The molecule has 0 saturated heterocycles.